The van der Waals surface area contributed by atoms with Crippen molar-refractivity contribution in [1.82, 2.24) is 4.90 Å². The molecular formula is C13H16ClNO2. The number of nitrogens with zero attached hydrogens (tertiary/aromatic N) is 1. The summed E-state index contributed by atoms with van der Waals surface area (Å²) in [6, 6.07) is 7.87. The number of carboxylic acids is 1. The number of hydrogen-bond donors (Lipinski definition) is 1. The fraction of sp³-hybridized carbons (Fsp3) is 0.462. The molecule has 17 heavy (non-hydrogen) atoms. The lowest BCUT2D eigenvalue weighted by atomic mass is 9.91. The van der Waals surface area contributed by atoms with E-state index in [-0.39, 0.29) is 6.54 Å². The van der Waals surface area contributed by atoms with Gasteiger partial charge in [-0.1, -0.05) is 23.7 Å². The average Bonchev–Trinajstić information content (AvgIpc) is 2.29. The quantitative estimate of drug-likeness (QED) is 0.900. The number of likely N-dealkylation sites (tertiary alicyclic amines) is 1. The maximum absolute atomic E-state index is 10.7. The highest BCUT2D eigenvalue weighted by Crippen LogP contribution is 2.27. The zero-order valence-corrected chi connectivity index (χ0v) is 10.4. The Kier molecular flexibility index (Phi) is 4.02. The van der Waals surface area contributed by atoms with Crippen molar-refractivity contribution in [3.8, 4) is 0 Å². The van der Waals surface area contributed by atoms with E-state index in [4.69, 9.17) is 16.7 Å². The molecule has 0 aliphatic carbocycles. The molecule has 2 rings (SSSR count). The Morgan fingerprint density at radius 1 is 1.41 bits per heavy atom. The Hall–Kier alpha value is -1.06. The SMILES string of the molecule is O=C(O)CN1CCCC(c2ccc(Cl)cc2)C1. The summed E-state index contributed by atoms with van der Waals surface area (Å²) in [4.78, 5) is 12.7. The number of carboxylic acid groups (broad SMARTS) is 1. The molecule has 3 nitrogen and oxygen atoms in total. The van der Waals surface area contributed by atoms with Gasteiger partial charge >= 0.3 is 5.97 Å². The Labute approximate surface area is 106 Å². The molecule has 1 unspecified atom stereocenters. The second-order valence-corrected chi connectivity index (χ2v) is 4.96. The van der Waals surface area contributed by atoms with Gasteiger partial charge in [0.15, 0.2) is 0 Å². The van der Waals surface area contributed by atoms with E-state index in [0.717, 1.165) is 31.0 Å². The number of halogens is 1. The van der Waals surface area contributed by atoms with Crippen LogP contribution in [0.2, 0.25) is 5.02 Å². The van der Waals surface area contributed by atoms with Gasteiger partial charge in [-0.05, 0) is 43.0 Å². The summed E-state index contributed by atoms with van der Waals surface area (Å²) >= 11 is 5.86. The number of hydrogen-bond acceptors (Lipinski definition) is 2. The zero-order chi connectivity index (χ0) is 12.3. The molecule has 0 radical (unpaired) electrons. The molecule has 0 aromatic heterocycles. The first-order chi connectivity index (χ1) is 8.15. The Morgan fingerprint density at radius 2 is 2.12 bits per heavy atom. The summed E-state index contributed by atoms with van der Waals surface area (Å²) in [6.45, 7) is 1.86. The molecule has 1 aliphatic heterocycles. The molecule has 1 atom stereocenters. The lowest BCUT2D eigenvalue weighted by molar-refractivity contribution is -0.138. The summed E-state index contributed by atoms with van der Waals surface area (Å²) in [5.74, 6) is -0.317. The first kappa shape index (κ1) is 12.4. The second kappa shape index (κ2) is 5.52. The number of piperidine rings is 1. The normalized spacial score (nSPS) is 21.4. The van der Waals surface area contributed by atoms with Crippen LogP contribution in [0.4, 0.5) is 0 Å². The van der Waals surface area contributed by atoms with Crippen LogP contribution >= 0.6 is 11.6 Å². The third-order valence-corrected chi connectivity index (χ3v) is 3.46. The number of rotatable bonds is 3. The van der Waals surface area contributed by atoms with Crippen molar-refractivity contribution in [1.29, 1.82) is 0 Å². The highest BCUT2D eigenvalue weighted by atomic mass is 35.5. The lowest BCUT2D eigenvalue weighted by Crippen LogP contribution is -2.37. The topological polar surface area (TPSA) is 40.5 Å². The van der Waals surface area contributed by atoms with Crippen LogP contribution in [-0.2, 0) is 4.79 Å². The summed E-state index contributed by atoms with van der Waals surface area (Å²) in [5.41, 5.74) is 1.25. The molecule has 0 bridgehead atoms. The van der Waals surface area contributed by atoms with Gasteiger partial charge < -0.3 is 5.11 Å². The van der Waals surface area contributed by atoms with Gasteiger partial charge in [-0.3, -0.25) is 9.69 Å². The predicted molar refractivity (Wildman–Crippen MR) is 67.5 cm³/mol. The van der Waals surface area contributed by atoms with Crippen LogP contribution in [0.1, 0.15) is 24.3 Å². The molecule has 1 N–H and O–H groups in total. The molecule has 0 spiro atoms. The van der Waals surface area contributed by atoms with Crippen LogP contribution in [-0.4, -0.2) is 35.6 Å². The second-order valence-electron chi connectivity index (χ2n) is 4.52. The minimum atomic E-state index is -0.748. The molecule has 92 valence electrons. The maximum Gasteiger partial charge on any atom is 0.317 e. The van der Waals surface area contributed by atoms with Crippen molar-refractivity contribution in [2.24, 2.45) is 0 Å². The van der Waals surface area contributed by atoms with Crippen molar-refractivity contribution in [3.63, 3.8) is 0 Å². The summed E-state index contributed by atoms with van der Waals surface area (Å²) in [5, 5.41) is 9.54. The van der Waals surface area contributed by atoms with Crippen molar-refractivity contribution in [2.45, 2.75) is 18.8 Å². The van der Waals surface area contributed by atoms with E-state index in [9.17, 15) is 4.79 Å². The van der Waals surface area contributed by atoms with Gasteiger partial charge in [-0.25, -0.2) is 0 Å². The minimum absolute atomic E-state index is 0.143. The third kappa shape index (κ3) is 3.45. The Balaban J connectivity index is 2.01. The molecule has 1 aliphatic rings. The van der Waals surface area contributed by atoms with Crippen molar-refractivity contribution in [3.05, 3.63) is 34.9 Å². The number of carbonyl (C=O) groups is 1. The van der Waals surface area contributed by atoms with Gasteiger partial charge in [-0.15, -0.1) is 0 Å². The molecule has 1 aromatic rings. The van der Waals surface area contributed by atoms with Gasteiger partial charge in [0.25, 0.3) is 0 Å². The minimum Gasteiger partial charge on any atom is -0.480 e. The van der Waals surface area contributed by atoms with E-state index >= 15 is 0 Å². The number of benzene rings is 1. The summed E-state index contributed by atoms with van der Waals surface area (Å²) < 4.78 is 0. The summed E-state index contributed by atoms with van der Waals surface area (Å²) in [7, 11) is 0. The van der Waals surface area contributed by atoms with Crippen LogP contribution < -0.4 is 0 Å². The highest BCUT2D eigenvalue weighted by Gasteiger charge is 2.22. The largest absolute Gasteiger partial charge is 0.480 e. The van der Waals surface area contributed by atoms with Gasteiger partial charge in [0.2, 0.25) is 0 Å². The Morgan fingerprint density at radius 3 is 2.76 bits per heavy atom. The van der Waals surface area contributed by atoms with Gasteiger partial charge in [0.1, 0.15) is 0 Å². The zero-order valence-electron chi connectivity index (χ0n) is 9.60. The van der Waals surface area contributed by atoms with Crippen molar-refractivity contribution in [2.75, 3.05) is 19.6 Å². The first-order valence-electron chi connectivity index (χ1n) is 5.85. The third-order valence-electron chi connectivity index (χ3n) is 3.21. The van der Waals surface area contributed by atoms with Crippen LogP contribution in [0.15, 0.2) is 24.3 Å². The van der Waals surface area contributed by atoms with Crippen LogP contribution in [0.5, 0.6) is 0 Å². The van der Waals surface area contributed by atoms with E-state index in [1.807, 2.05) is 29.2 Å². The maximum atomic E-state index is 10.7. The predicted octanol–water partition coefficient (Wildman–Crippen LogP) is 2.60. The average molecular weight is 254 g/mol. The summed E-state index contributed by atoms with van der Waals surface area (Å²) in [6.07, 6.45) is 2.18. The van der Waals surface area contributed by atoms with Gasteiger partial charge in [-0.2, -0.15) is 0 Å². The van der Waals surface area contributed by atoms with Crippen LogP contribution in [0.3, 0.4) is 0 Å². The Bertz CT molecular complexity index is 391. The smallest absolute Gasteiger partial charge is 0.317 e. The van der Waals surface area contributed by atoms with Crippen LogP contribution in [0, 0.1) is 0 Å². The van der Waals surface area contributed by atoms with Gasteiger partial charge in [0.05, 0.1) is 6.54 Å². The van der Waals surface area contributed by atoms with Crippen LogP contribution in [0.25, 0.3) is 0 Å². The van der Waals surface area contributed by atoms with Crippen molar-refractivity contribution < 1.29 is 9.90 Å². The molecule has 1 aromatic carbocycles. The lowest BCUT2D eigenvalue weighted by Gasteiger charge is -2.31. The molecular weight excluding hydrogens is 238 g/mol. The fourth-order valence-electron chi connectivity index (χ4n) is 2.40. The van der Waals surface area contributed by atoms with Gasteiger partial charge in [0, 0.05) is 11.6 Å². The molecule has 0 amide bonds. The monoisotopic (exact) mass is 253 g/mol. The molecule has 1 heterocycles. The highest BCUT2D eigenvalue weighted by molar-refractivity contribution is 6.30. The standard InChI is InChI=1S/C13H16ClNO2/c14-12-5-3-10(4-6-12)11-2-1-7-15(8-11)9-13(16)17/h3-6,11H,1-2,7-9H2,(H,16,17). The van der Waals surface area contributed by atoms with Crippen molar-refractivity contribution >= 4 is 17.6 Å². The van der Waals surface area contributed by atoms with E-state index < -0.39 is 5.97 Å². The first-order valence-corrected chi connectivity index (χ1v) is 6.22. The van der Waals surface area contributed by atoms with E-state index in [1.54, 1.807) is 0 Å². The molecule has 0 saturated carbocycles. The number of aliphatic carboxylic acids is 1. The van der Waals surface area contributed by atoms with E-state index in [0.29, 0.717) is 5.92 Å². The molecule has 1 fully saturated rings. The van der Waals surface area contributed by atoms with E-state index in [1.165, 1.54) is 5.56 Å². The fourth-order valence-corrected chi connectivity index (χ4v) is 2.52. The molecule has 4 heteroatoms. The molecule has 1 saturated heterocycles. The van der Waals surface area contributed by atoms with E-state index in [2.05, 4.69) is 0 Å².